The van der Waals surface area contributed by atoms with E-state index in [1.807, 2.05) is 31.2 Å². The Bertz CT molecular complexity index is 1170. The standard InChI is InChI=1S/C22H24N4O3S/c1-16-8-10-17(11-9-16)30(28,29)15-12-20(27)25-21-22(26-13-4-5-14-26)24-19-7-3-2-6-18(19)23-21/h2-3,6-11H,4-5,12-15H2,1H3,(H,23,25,27). The van der Waals surface area contributed by atoms with E-state index < -0.39 is 15.7 Å². The summed E-state index contributed by atoms with van der Waals surface area (Å²) in [6, 6.07) is 14.1. The molecule has 156 valence electrons. The topological polar surface area (TPSA) is 92.3 Å². The number of amides is 1. The molecule has 4 rings (SSSR count). The second-order valence-electron chi connectivity index (χ2n) is 7.51. The van der Waals surface area contributed by atoms with Gasteiger partial charge < -0.3 is 10.2 Å². The van der Waals surface area contributed by atoms with Crippen molar-refractivity contribution in [1.82, 2.24) is 9.97 Å². The van der Waals surface area contributed by atoms with Crippen molar-refractivity contribution in [3.05, 3.63) is 54.1 Å². The number of carbonyl (C=O) groups excluding carboxylic acids is 1. The number of anilines is 2. The third-order valence-electron chi connectivity index (χ3n) is 5.19. The van der Waals surface area contributed by atoms with E-state index in [2.05, 4.69) is 15.2 Å². The highest BCUT2D eigenvalue weighted by Crippen LogP contribution is 2.28. The van der Waals surface area contributed by atoms with E-state index in [1.54, 1.807) is 24.3 Å². The zero-order valence-electron chi connectivity index (χ0n) is 16.8. The highest BCUT2D eigenvalue weighted by Gasteiger charge is 2.22. The fourth-order valence-corrected chi connectivity index (χ4v) is 4.75. The van der Waals surface area contributed by atoms with Crippen LogP contribution < -0.4 is 10.2 Å². The minimum atomic E-state index is -3.53. The number of hydrogen-bond donors (Lipinski definition) is 1. The molecule has 0 atom stereocenters. The van der Waals surface area contributed by atoms with Gasteiger partial charge >= 0.3 is 0 Å². The van der Waals surface area contributed by atoms with Gasteiger partial charge in [-0.25, -0.2) is 18.4 Å². The largest absolute Gasteiger partial charge is 0.354 e. The molecule has 0 radical (unpaired) electrons. The molecule has 1 saturated heterocycles. The number of aryl methyl sites for hydroxylation is 1. The Hall–Kier alpha value is -3.00. The van der Waals surface area contributed by atoms with Crippen LogP contribution in [0.2, 0.25) is 0 Å². The summed E-state index contributed by atoms with van der Waals surface area (Å²) >= 11 is 0. The molecule has 1 aromatic heterocycles. The first-order chi connectivity index (χ1) is 14.4. The molecule has 1 aliphatic heterocycles. The predicted octanol–water partition coefficient (Wildman–Crippen LogP) is 3.34. The normalized spacial score (nSPS) is 14.2. The van der Waals surface area contributed by atoms with Gasteiger partial charge in [-0.15, -0.1) is 0 Å². The van der Waals surface area contributed by atoms with Crippen LogP contribution >= 0.6 is 0 Å². The summed E-state index contributed by atoms with van der Waals surface area (Å²) in [5, 5.41) is 2.79. The molecular weight excluding hydrogens is 400 g/mol. The molecule has 0 saturated carbocycles. The van der Waals surface area contributed by atoms with Crippen molar-refractivity contribution < 1.29 is 13.2 Å². The van der Waals surface area contributed by atoms with E-state index in [-0.39, 0.29) is 17.1 Å². The highest BCUT2D eigenvalue weighted by atomic mass is 32.2. The van der Waals surface area contributed by atoms with Gasteiger partial charge in [0.2, 0.25) is 5.91 Å². The fourth-order valence-electron chi connectivity index (χ4n) is 3.51. The number of fused-ring (bicyclic) bond motifs is 1. The van der Waals surface area contributed by atoms with Gasteiger partial charge in [0.15, 0.2) is 21.5 Å². The minimum Gasteiger partial charge on any atom is -0.354 e. The summed E-state index contributed by atoms with van der Waals surface area (Å²) in [4.78, 5) is 24.2. The summed E-state index contributed by atoms with van der Waals surface area (Å²) < 4.78 is 25.1. The lowest BCUT2D eigenvalue weighted by Crippen LogP contribution is -2.24. The second-order valence-corrected chi connectivity index (χ2v) is 9.62. The molecule has 0 spiro atoms. The van der Waals surface area contributed by atoms with Crippen LogP contribution in [-0.2, 0) is 14.6 Å². The van der Waals surface area contributed by atoms with E-state index in [0.29, 0.717) is 17.2 Å². The number of hydrogen-bond acceptors (Lipinski definition) is 6. The summed E-state index contributed by atoms with van der Waals surface area (Å²) in [5.41, 5.74) is 2.43. The highest BCUT2D eigenvalue weighted by molar-refractivity contribution is 7.91. The molecule has 1 aliphatic rings. The maximum absolute atomic E-state index is 12.6. The first-order valence-electron chi connectivity index (χ1n) is 10.0. The molecule has 2 aromatic carbocycles. The van der Waals surface area contributed by atoms with Gasteiger partial charge in [0.25, 0.3) is 0 Å². The van der Waals surface area contributed by atoms with Crippen molar-refractivity contribution >= 4 is 38.4 Å². The molecular formula is C22H24N4O3S. The summed E-state index contributed by atoms with van der Waals surface area (Å²) in [6.07, 6.45) is 1.98. The first kappa shape index (κ1) is 20.3. The predicted molar refractivity (Wildman–Crippen MR) is 117 cm³/mol. The second kappa shape index (κ2) is 8.39. The quantitative estimate of drug-likeness (QED) is 0.652. The zero-order valence-corrected chi connectivity index (χ0v) is 17.7. The third kappa shape index (κ3) is 4.43. The average molecular weight is 425 g/mol. The van der Waals surface area contributed by atoms with Crippen molar-refractivity contribution in [2.75, 3.05) is 29.1 Å². The van der Waals surface area contributed by atoms with Crippen LogP contribution in [0.1, 0.15) is 24.8 Å². The van der Waals surface area contributed by atoms with Crippen LogP contribution in [0.5, 0.6) is 0 Å². The molecule has 2 heterocycles. The van der Waals surface area contributed by atoms with Crippen molar-refractivity contribution in [3.8, 4) is 0 Å². The van der Waals surface area contributed by atoms with E-state index in [1.165, 1.54) is 0 Å². The van der Waals surface area contributed by atoms with Crippen molar-refractivity contribution in [1.29, 1.82) is 0 Å². The molecule has 8 heteroatoms. The Labute approximate surface area is 176 Å². The van der Waals surface area contributed by atoms with Crippen LogP contribution in [0.4, 0.5) is 11.6 Å². The summed E-state index contributed by atoms with van der Waals surface area (Å²) in [6.45, 7) is 3.61. The van der Waals surface area contributed by atoms with Gasteiger partial charge in [-0.2, -0.15) is 0 Å². The van der Waals surface area contributed by atoms with Gasteiger partial charge in [0.1, 0.15) is 0 Å². The Morgan fingerprint density at radius 2 is 1.63 bits per heavy atom. The monoisotopic (exact) mass is 424 g/mol. The maximum Gasteiger partial charge on any atom is 0.226 e. The number of sulfone groups is 1. The molecule has 0 bridgehead atoms. The minimum absolute atomic E-state index is 0.149. The van der Waals surface area contributed by atoms with Crippen LogP contribution in [0.3, 0.4) is 0 Å². The van der Waals surface area contributed by atoms with Crippen molar-refractivity contribution in [3.63, 3.8) is 0 Å². The van der Waals surface area contributed by atoms with E-state index in [4.69, 9.17) is 4.98 Å². The lowest BCUT2D eigenvalue weighted by Gasteiger charge is -2.20. The third-order valence-corrected chi connectivity index (χ3v) is 6.93. The van der Waals surface area contributed by atoms with E-state index in [0.717, 1.165) is 37.0 Å². The Balaban J connectivity index is 1.52. The number of rotatable bonds is 6. The summed E-state index contributed by atoms with van der Waals surface area (Å²) in [5.74, 6) is 0.368. The Morgan fingerprint density at radius 3 is 2.30 bits per heavy atom. The Morgan fingerprint density at radius 1 is 1.00 bits per heavy atom. The molecule has 1 N–H and O–H groups in total. The molecule has 0 unspecified atom stereocenters. The number of aromatic nitrogens is 2. The summed E-state index contributed by atoms with van der Waals surface area (Å²) in [7, 11) is -3.53. The van der Waals surface area contributed by atoms with Crippen LogP contribution in [0.25, 0.3) is 11.0 Å². The molecule has 7 nitrogen and oxygen atoms in total. The SMILES string of the molecule is Cc1ccc(S(=O)(=O)CCC(=O)Nc2nc3ccccc3nc2N2CCCC2)cc1. The molecule has 1 amide bonds. The van der Waals surface area contributed by atoms with E-state index in [9.17, 15) is 13.2 Å². The number of carbonyl (C=O) groups is 1. The smallest absolute Gasteiger partial charge is 0.226 e. The van der Waals surface area contributed by atoms with Gasteiger partial charge in [-0.1, -0.05) is 29.8 Å². The van der Waals surface area contributed by atoms with Crippen LogP contribution in [0.15, 0.2) is 53.4 Å². The molecule has 3 aromatic rings. The van der Waals surface area contributed by atoms with Crippen LogP contribution in [-0.4, -0.2) is 43.1 Å². The molecule has 0 aliphatic carbocycles. The fraction of sp³-hybridized carbons (Fsp3) is 0.318. The van der Waals surface area contributed by atoms with Gasteiger partial charge in [-0.3, -0.25) is 4.79 Å². The van der Waals surface area contributed by atoms with Crippen molar-refractivity contribution in [2.24, 2.45) is 0 Å². The van der Waals surface area contributed by atoms with Crippen molar-refractivity contribution in [2.45, 2.75) is 31.1 Å². The van der Waals surface area contributed by atoms with Gasteiger partial charge in [-0.05, 0) is 44.0 Å². The number of benzene rings is 2. The van der Waals surface area contributed by atoms with Gasteiger partial charge in [0, 0.05) is 19.5 Å². The molecule has 30 heavy (non-hydrogen) atoms. The van der Waals surface area contributed by atoms with E-state index >= 15 is 0 Å². The number of nitrogens with one attached hydrogen (secondary N) is 1. The molecule has 1 fully saturated rings. The van der Waals surface area contributed by atoms with Crippen LogP contribution in [0, 0.1) is 6.92 Å². The average Bonchev–Trinajstić information content (AvgIpc) is 3.27. The number of para-hydroxylation sites is 2. The Kier molecular flexibility index (Phi) is 5.67. The lowest BCUT2D eigenvalue weighted by molar-refractivity contribution is -0.115. The first-order valence-corrected chi connectivity index (χ1v) is 11.7. The zero-order chi connectivity index (χ0) is 21.1. The van der Waals surface area contributed by atoms with Gasteiger partial charge in [0.05, 0.1) is 21.7 Å². The lowest BCUT2D eigenvalue weighted by atomic mass is 10.2. The number of nitrogens with zero attached hydrogens (tertiary/aromatic N) is 3. The maximum atomic E-state index is 12.6.